The van der Waals surface area contributed by atoms with E-state index in [0.29, 0.717) is 18.5 Å². The van der Waals surface area contributed by atoms with Gasteiger partial charge in [0.05, 0.1) is 0 Å². The Bertz CT molecular complexity index is 520. The van der Waals surface area contributed by atoms with E-state index in [1.54, 1.807) is 0 Å². The second-order valence-corrected chi connectivity index (χ2v) is 7.20. The second-order valence-electron chi connectivity index (χ2n) is 7.20. The first-order valence-corrected chi connectivity index (χ1v) is 8.17. The van der Waals surface area contributed by atoms with E-state index < -0.39 is 0 Å². The van der Waals surface area contributed by atoms with Crippen LogP contribution in [0.2, 0.25) is 0 Å². The molecule has 0 spiro atoms. The first-order valence-electron chi connectivity index (χ1n) is 8.17. The van der Waals surface area contributed by atoms with Gasteiger partial charge in [0.25, 0.3) is 0 Å². The van der Waals surface area contributed by atoms with Gasteiger partial charge >= 0.3 is 0 Å². The third-order valence-corrected chi connectivity index (χ3v) is 4.67. The highest BCUT2D eigenvalue weighted by Crippen LogP contribution is 2.44. The zero-order chi connectivity index (χ0) is 14.9. The highest BCUT2D eigenvalue weighted by atomic mass is 16.1. The topological polar surface area (TPSA) is 41.1 Å². The largest absolute Gasteiger partial charge is 0.353 e. The molecular weight excluding hydrogens is 260 g/mol. The van der Waals surface area contributed by atoms with E-state index in [0.717, 1.165) is 32.2 Å². The van der Waals surface area contributed by atoms with E-state index in [4.69, 9.17) is 0 Å². The van der Waals surface area contributed by atoms with E-state index in [2.05, 4.69) is 48.7 Å². The average Bonchev–Trinajstić information content (AvgIpc) is 3.18. The van der Waals surface area contributed by atoms with Crippen molar-refractivity contribution in [3.63, 3.8) is 0 Å². The monoisotopic (exact) mass is 286 g/mol. The van der Waals surface area contributed by atoms with Crippen molar-refractivity contribution in [1.82, 2.24) is 10.6 Å². The van der Waals surface area contributed by atoms with Crippen molar-refractivity contribution in [2.75, 3.05) is 6.54 Å². The number of fused-ring (bicyclic) bond motifs is 1. The highest BCUT2D eigenvalue weighted by molar-refractivity contribution is 5.76. The molecule has 2 N–H and O–H groups in total. The van der Waals surface area contributed by atoms with Crippen LogP contribution in [0.25, 0.3) is 0 Å². The van der Waals surface area contributed by atoms with Gasteiger partial charge in [0, 0.05) is 18.5 Å². The summed E-state index contributed by atoms with van der Waals surface area (Å²) in [7, 11) is 0. The fraction of sp³-hybridized carbons (Fsp3) is 0.611. The van der Waals surface area contributed by atoms with Crippen molar-refractivity contribution in [3.8, 4) is 0 Å². The molecule has 0 radical (unpaired) electrons. The van der Waals surface area contributed by atoms with Crippen LogP contribution in [0.5, 0.6) is 0 Å². The molecule has 0 aliphatic heterocycles. The van der Waals surface area contributed by atoms with Crippen molar-refractivity contribution < 1.29 is 4.79 Å². The molecule has 1 aromatic carbocycles. The van der Waals surface area contributed by atoms with Gasteiger partial charge in [-0.3, -0.25) is 4.79 Å². The molecule has 2 aliphatic carbocycles. The number of hydrogen-bond donors (Lipinski definition) is 2. The summed E-state index contributed by atoms with van der Waals surface area (Å²) in [6, 6.07) is 9.60. The standard InChI is InChI=1S/C18H26N2O/c1-18(2)12-13-6-3-4-7-15(13)17(18)19-11-5-8-16(21)20-14-9-10-14/h3-4,6-7,14,17,19H,5,8-12H2,1-2H3,(H,20,21). The number of benzene rings is 1. The Hall–Kier alpha value is -1.35. The Morgan fingerprint density at radius 1 is 1.29 bits per heavy atom. The van der Waals surface area contributed by atoms with Gasteiger partial charge in [-0.2, -0.15) is 0 Å². The van der Waals surface area contributed by atoms with Crippen LogP contribution in [0.15, 0.2) is 24.3 Å². The van der Waals surface area contributed by atoms with Crippen LogP contribution in [0.3, 0.4) is 0 Å². The van der Waals surface area contributed by atoms with Crippen LogP contribution >= 0.6 is 0 Å². The molecule has 0 bridgehead atoms. The Morgan fingerprint density at radius 3 is 2.81 bits per heavy atom. The Morgan fingerprint density at radius 2 is 2.05 bits per heavy atom. The van der Waals surface area contributed by atoms with Gasteiger partial charge in [0.15, 0.2) is 0 Å². The summed E-state index contributed by atoms with van der Waals surface area (Å²) >= 11 is 0. The first kappa shape index (κ1) is 14.6. The van der Waals surface area contributed by atoms with Crippen molar-refractivity contribution >= 4 is 5.91 Å². The average molecular weight is 286 g/mol. The van der Waals surface area contributed by atoms with Crippen LogP contribution in [0, 0.1) is 5.41 Å². The van der Waals surface area contributed by atoms with Gasteiger partial charge in [-0.15, -0.1) is 0 Å². The third-order valence-electron chi connectivity index (χ3n) is 4.67. The summed E-state index contributed by atoms with van der Waals surface area (Å²) in [6.07, 6.45) is 5.00. The number of rotatable bonds is 6. The van der Waals surface area contributed by atoms with E-state index >= 15 is 0 Å². The van der Waals surface area contributed by atoms with Gasteiger partial charge < -0.3 is 10.6 Å². The summed E-state index contributed by atoms with van der Waals surface area (Å²) in [4.78, 5) is 11.7. The smallest absolute Gasteiger partial charge is 0.220 e. The molecule has 3 heteroatoms. The molecular formula is C18H26N2O. The molecule has 114 valence electrons. The number of carbonyl (C=O) groups excluding carboxylic acids is 1. The van der Waals surface area contributed by atoms with Crippen LogP contribution in [0.4, 0.5) is 0 Å². The Balaban J connectivity index is 1.49. The van der Waals surface area contributed by atoms with Gasteiger partial charge in [0.2, 0.25) is 5.91 Å². The molecule has 0 heterocycles. The van der Waals surface area contributed by atoms with Gasteiger partial charge in [-0.05, 0) is 48.8 Å². The predicted octanol–water partition coefficient (Wildman–Crippen LogP) is 2.96. The minimum atomic E-state index is 0.213. The number of carbonyl (C=O) groups is 1. The number of nitrogens with one attached hydrogen (secondary N) is 2. The lowest BCUT2D eigenvalue weighted by atomic mass is 9.85. The third kappa shape index (κ3) is 3.46. The van der Waals surface area contributed by atoms with E-state index in [9.17, 15) is 4.79 Å². The van der Waals surface area contributed by atoms with Crippen molar-refractivity contribution in [3.05, 3.63) is 35.4 Å². The molecule has 0 aromatic heterocycles. The SMILES string of the molecule is CC1(C)Cc2ccccc2C1NCCCC(=O)NC1CC1. The van der Waals surface area contributed by atoms with Gasteiger partial charge in [-0.1, -0.05) is 38.1 Å². The normalized spacial score (nSPS) is 22.9. The minimum absolute atomic E-state index is 0.213. The molecule has 0 saturated heterocycles. The van der Waals surface area contributed by atoms with Crippen LogP contribution in [-0.2, 0) is 11.2 Å². The predicted molar refractivity (Wildman–Crippen MR) is 85.1 cm³/mol. The van der Waals surface area contributed by atoms with Crippen molar-refractivity contribution in [2.45, 2.75) is 58.0 Å². The second kappa shape index (κ2) is 5.80. The van der Waals surface area contributed by atoms with Crippen molar-refractivity contribution in [1.29, 1.82) is 0 Å². The molecule has 1 fully saturated rings. The Labute approximate surface area is 127 Å². The molecule has 3 nitrogen and oxygen atoms in total. The lowest BCUT2D eigenvalue weighted by Gasteiger charge is -2.28. The fourth-order valence-electron chi connectivity index (χ4n) is 3.40. The summed E-state index contributed by atoms with van der Waals surface area (Å²) in [5.74, 6) is 0.213. The zero-order valence-corrected chi connectivity index (χ0v) is 13.1. The highest BCUT2D eigenvalue weighted by Gasteiger charge is 2.38. The van der Waals surface area contributed by atoms with E-state index in [1.165, 1.54) is 11.1 Å². The zero-order valence-electron chi connectivity index (χ0n) is 13.1. The minimum Gasteiger partial charge on any atom is -0.353 e. The molecule has 1 saturated carbocycles. The van der Waals surface area contributed by atoms with Gasteiger partial charge in [0.1, 0.15) is 0 Å². The molecule has 21 heavy (non-hydrogen) atoms. The number of hydrogen-bond acceptors (Lipinski definition) is 2. The maximum absolute atomic E-state index is 11.7. The molecule has 2 aliphatic rings. The van der Waals surface area contributed by atoms with Gasteiger partial charge in [-0.25, -0.2) is 0 Å². The van der Waals surface area contributed by atoms with E-state index in [1.807, 2.05) is 0 Å². The van der Waals surface area contributed by atoms with Crippen LogP contribution in [-0.4, -0.2) is 18.5 Å². The molecule has 1 aromatic rings. The summed E-state index contributed by atoms with van der Waals surface area (Å²) in [5, 5.41) is 6.72. The molecule has 1 amide bonds. The Kier molecular flexibility index (Phi) is 4.03. The summed E-state index contributed by atoms with van der Waals surface area (Å²) < 4.78 is 0. The lowest BCUT2D eigenvalue weighted by Crippen LogP contribution is -2.32. The maximum atomic E-state index is 11.7. The summed E-state index contributed by atoms with van der Waals surface area (Å²) in [5.41, 5.74) is 3.15. The maximum Gasteiger partial charge on any atom is 0.220 e. The molecule has 3 rings (SSSR count). The van der Waals surface area contributed by atoms with Crippen LogP contribution < -0.4 is 10.6 Å². The molecule has 1 unspecified atom stereocenters. The quantitative estimate of drug-likeness (QED) is 0.789. The van der Waals surface area contributed by atoms with E-state index in [-0.39, 0.29) is 11.3 Å². The molecule has 1 atom stereocenters. The first-order chi connectivity index (χ1) is 10.1. The number of amides is 1. The van der Waals surface area contributed by atoms with Crippen LogP contribution in [0.1, 0.15) is 56.7 Å². The lowest BCUT2D eigenvalue weighted by molar-refractivity contribution is -0.121. The summed E-state index contributed by atoms with van der Waals surface area (Å²) in [6.45, 7) is 5.55. The van der Waals surface area contributed by atoms with Crippen molar-refractivity contribution in [2.24, 2.45) is 5.41 Å². The fourth-order valence-corrected chi connectivity index (χ4v) is 3.40.